The van der Waals surface area contributed by atoms with E-state index in [2.05, 4.69) is 30.5 Å². The van der Waals surface area contributed by atoms with Crippen molar-refractivity contribution in [2.75, 3.05) is 40.3 Å². The average Bonchev–Trinajstić information content (AvgIpc) is 3.07. The SMILES string of the molecule is COC(=O)c1ccc(S(=O)(=O)N2CC3(C)CN(C)CC3(C)C2)o1. The number of hydrogen-bond donors (Lipinski definition) is 0. The number of carbonyl (C=O) groups excluding carboxylic acids is 1. The van der Waals surface area contributed by atoms with Gasteiger partial charge in [0, 0.05) is 37.0 Å². The first kappa shape index (κ1) is 16.5. The molecule has 2 fully saturated rings. The highest BCUT2D eigenvalue weighted by atomic mass is 32.2. The number of nitrogens with zero attached hydrogens (tertiary/aromatic N) is 2. The Morgan fingerprint density at radius 2 is 1.74 bits per heavy atom. The first-order chi connectivity index (χ1) is 10.6. The van der Waals surface area contributed by atoms with Gasteiger partial charge in [-0.25, -0.2) is 13.2 Å². The van der Waals surface area contributed by atoms with Gasteiger partial charge in [-0.15, -0.1) is 0 Å². The van der Waals surface area contributed by atoms with Gasteiger partial charge in [-0.2, -0.15) is 4.31 Å². The lowest BCUT2D eigenvalue weighted by Crippen LogP contribution is -2.34. The Morgan fingerprint density at radius 1 is 1.17 bits per heavy atom. The van der Waals surface area contributed by atoms with Gasteiger partial charge in [0.2, 0.25) is 10.9 Å². The van der Waals surface area contributed by atoms with Crippen LogP contribution in [0.5, 0.6) is 0 Å². The Morgan fingerprint density at radius 3 is 2.26 bits per heavy atom. The molecule has 128 valence electrons. The summed E-state index contributed by atoms with van der Waals surface area (Å²) in [5.41, 5.74) is -0.181. The van der Waals surface area contributed by atoms with Crippen LogP contribution in [-0.2, 0) is 14.8 Å². The fraction of sp³-hybridized carbons (Fsp3) is 0.667. The summed E-state index contributed by atoms with van der Waals surface area (Å²) in [5.74, 6) is -0.798. The minimum absolute atomic E-state index is 0.0907. The van der Waals surface area contributed by atoms with Crippen molar-refractivity contribution >= 4 is 16.0 Å². The molecule has 0 amide bonds. The van der Waals surface area contributed by atoms with Gasteiger partial charge < -0.3 is 14.1 Å². The number of rotatable bonds is 3. The summed E-state index contributed by atoms with van der Waals surface area (Å²) >= 11 is 0. The number of likely N-dealkylation sites (tertiary alicyclic amines) is 1. The van der Waals surface area contributed by atoms with Crippen LogP contribution in [0.4, 0.5) is 0 Å². The van der Waals surface area contributed by atoms with E-state index in [9.17, 15) is 13.2 Å². The molecule has 0 saturated carbocycles. The van der Waals surface area contributed by atoms with E-state index in [-0.39, 0.29) is 21.7 Å². The Balaban J connectivity index is 1.88. The van der Waals surface area contributed by atoms with Gasteiger partial charge in [-0.05, 0) is 19.2 Å². The smallest absolute Gasteiger partial charge is 0.374 e. The first-order valence-corrected chi connectivity index (χ1v) is 8.92. The molecule has 0 aromatic carbocycles. The van der Waals surface area contributed by atoms with Gasteiger partial charge in [0.1, 0.15) is 0 Å². The van der Waals surface area contributed by atoms with Crippen molar-refractivity contribution in [3.63, 3.8) is 0 Å². The van der Waals surface area contributed by atoms with E-state index in [1.54, 1.807) is 0 Å². The normalized spacial score (nSPS) is 32.2. The third-order valence-corrected chi connectivity index (χ3v) is 6.97. The molecule has 0 spiro atoms. The molecule has 2 atom stereocenters. The number of ether oxygens (including phenoxy) is 1. The van der Waals surface area contributed by atoms with Gasteiger partial charge in [0.05, 0.1) is 7.11 Å². The summed E-state index contributed by atoms with van der Waals surface area (Å²) in [6, 6.07) is 2.64. The van der Waals surface area contributed by atoms with Crippen LogP contribution in [0.1, 0.15) is 24.4 Å². The van der Waals surface area contributed by atoms with Crippen molar-refractivity contribution in [1.29, 1.82) is 0 Å². The molecule has 3 heterocycles. The highest BCUT2D eigenvalue weighted by Gasteiger charge is 2.59. The number of fused-ring (bicyclic) bond motifs is 1. The Hall–Kier alpha value is -1.38. The van der Waals surface area contributed by atoms with Crippen molar-refractivity contribution < 1.29 is 22.4 Å². The van der Waals surface area contributed by atoms with Crippen molar-refractivity contribution in [3.05, 3.63) is 17.9 Å². The maximum Gasteiger partial charge on any atom is 0.374 e. The number of hydrogen-bond acceptors (Lipinski definition) is 6. The molecule has 7 nitrogen and oxygen atoms in total. The molecule has 0 bridgehead atoms. The van der Waals surface area contributed by atoms with Crippen LogP contribution in [0.15, 0.2) is 21.6 Å². The molecule has 0 radical (unpaired) electrons. The summed E-state index contributed by atoms with van der Waals surface area (Å²) in [6.07, 6.45) is 0. The van der Waals surface area contributed by atoms with Crippen molar-refractivity contribution in [3.8, 4) is 0 Å². The van der Waals surface area contributed by atoms with Gasteiger partial charge in [-0.3, -0.25) is 0 Å². The minimum atomic E-state index is -3.76. The molecule has 2 aliphatic rings. The largest absolute Gasteiger partial charge is 0.463 e. The van der Waals surface area contributed by atoms with Crippen molar-refractivity contribution in [2.45, 2.75) is 18.9 Å². The number of sulfonamides is 1. The van der Waals surface area contributed by atoms with E-state index in [0.717, 1.165) is 13.1 Å². The van der Waals surface area contributed by atoms with Crippen LogP contribution >= 0.6 is 0 Å². The summed E-state index contributed by atoms with van der Waals surface area (Å²) in [4.78, 5) is 13.7. The summed E-state index contributed by atoms with van der Waals surface area (Å²) in [5, 5.41) is -0.210. The molecule has 0 aliphatic carbocycles. The third kappa shape index (κ3) is 2.40. The molecule has 3 rings (SSSR count). The number of carbonyl (C=O) groups is 1. The zero-order valence-corrected chi connectivity index (χ0v) is 14.6. The van der Waals surface area contributed by atoms with Crippen LogP contribution < -0.4 is 0 Å². The van der Waals surface area contributed by atoms with Gasteiger partial charge in [-0.1, -0.05) is 13.8 Å². The highest BCUT2D eigenvalue weighted by molar-refractivity contribution is 7.89. The van der Waals surface area contributed by atoms with Gasteiger partial charge in [0.15, 0.2) is 0 Å². The molecule has 1 aromatic rings. The number of furan rings is 1. The Kier molecular flexibility index (Phi) is 3.62. The van der Waals surface area contributed by atoms with E-state index in [0.29, 0.717) is 13.1 Å². The quantitative estimate of drug-likeness (QED) is 0.763. The first-order valence-electron chi connectivity index (χ1n) is 7.48. The van der Waals surface area contributed by atoms with E-state index >= 15 is 0 Å². The molecule has 1 aromatic heterocycles. The van der Waals surface area contributed by atoms with Crippen molar-refractivity contribution in [1.82, 2.24) is 9.21 Å². The zero-order chi connectivity index (χ0) is 17.0. The lowest BCUT2D eigenvalue weighted by molar-refractivity contribution is 0.0558. The molecule has 0 N–H and O–H groups in total. The van der Waals surface area contributed by atoms with E-state index in [4.69, 9.17) is 4.42 Å². The van der Waals surface area contributed by atoms with Crippen LogP contribution in [0.25, 0.3) is 0 Å². The molecule has 23 heavy (non-hydrogen) atoms. The minimum Gasteiger partial charge on any atom is -0.463 e. The van der Waals surface area contributed by atoms with Gasteiger partial charge >= 0.3 is 5.97 Å². The predicted octanol–water partition coefficient (Wildman–Crippen LogP) is 1.03. The zero-order valence-electron chi connectivity index (χ0n) is 13.8. The highest BCUT2D eigenvalue weighted by Crippen LogP contribution is 2.52. The van der Waals surface area contributed by atoms with Gasteiger partial charge in [0.25, 0.3) is 10.0 Å². The topological polar surface area (TPSA) is 80.1 Å². The molecule has 2 saturated heterocycles. The number of esters is 1. The fourth-order valence-electron chi connectivity index (χ4n) is 3.91. The molecular formula is C15H22N2O5S. The average molecular weight is 342 g/mol. The Bertz CT molecular complexity index is 723. The molecule has 2 unspecified atom stereocenters. The predicted molar refractivity (Wildman–Crippen MR) is 82.5 cm³/mol. The standard InChI is InChI=1S/C15H22N2O5S/c1-14-7-16(3)8-15(14,2)10-17(9-14)23(19,20)12-6-5-11(22-12)13(18)21-4/h5-6H,7-10H2,1-4H3. The van der Waals surface area contributed by atoms with Crippen LogP contribution in [0, 0.1) is 10.8 Å². The van der Waals surface area contributed by atoms with Crippen LogP contribution in [0.2, 0.25) is 0 Å². The third-order valence-electron chi connectivity index (χ3n) is 5.31. The summed E-state index contributed by atoms with van der Waals surface area (Å²) in [6.45, 7) is 6.89. The monoisotopic (exact) mass is 342 g/mol. The van der Waals surface area contributed by atoms with Crippen LogP contribution in [0.3, 0.4) is 0 Å². The second-order valence-corrected chi connectivity index (χ2v) is 9.05. The molecular weight excluding hydrogens is 320 g/mol. The number of methoxy groups -OCH3 is 1. The second kappa shape index (κ2) is 5.06. The fourth-order valence-corrected chi connectivity index (χ4v) is 5.51. The maximum absolute atomic E-state index is 12.8. The van der Waals surface area contributed by atoms with E-state index in [1.165, 1.54) is 23.5 Å². The van der Waals surface area contributed by atoms with E-state index < -0.39 is 16.0 Å². The molecule has 8 heteroatoms. The second-order valence-electron chi connectivity index (χ2n) is 7.18. The lowest BCUT2D eigenvalue weighted by Gasteiger charge is -2.30. The maximum atomic E-state index is 12.8. The van der Waals surface area contributed by atoms with Crippen molar-refractivity contribution in [2.24, 2.45) is 10.8 Å². The van der Waals surface area contributed by atoms with E-state index in [1.807, 2.05) is 0 Å². The Labute approximate surface area is 136 Å². The van der Waals surface area contributed by atoms with Crippen LogP contribution in [-0.4, -0.2) is 63.9 Å². The summed E-state index contributed by atoms with van der Waals surface area (Å²) < 4.78 is 36.9. The molecule has 2 aliphatic heterocycles. The summed E-state index contributed by atoms with van der Waals surface area (Å²) in [7, 11) is -0.476. The lowest BCUT2D eigenvalue weighted by atomic mass is 9.71.